The second-order valence-electron chi connectivity index (χ2n) is 6.27. The topological polar surface area (TPSA) is 84.7 Å². The van der Waals surface area contributed by atoms with Crippen LogP contribution in [0.3, 0.4) is 0 Å². The molecular weight excluding hydrogens is 330 g/mol. The van der Waals surface area contributed by atoms with Crippen LogP contribution in [-0.4, -0.2) is 37.1 Å². The van der Waals surface area contributed by atoms with Gasteiger partial charge in [0.2, 0.25) is 11.8 Å². The van der Waals surface area contributed by atoms with E-state index in [0.717, 1.165) is 24.2 Å². The first-order valence-electron chi connectivity index (χ1n) is 8.13. The molecule has 2 saturated heterocycles. The highest BCUT2D eigenvalue weighted by Gasteiger charge is 2.35. The predicted octanol–water partition coefficient (Wildman–Crippen LogP) is 1.36. The standard InChI is InChI=1S/C17H23N3O3.ClH/c18-17(6-9-23-10-7-17)16(22)19-12-13-3-1-4-14(11-13)20-8-2-5-15(20)21;/h1,3-4,11H,2,5-10,12,18H2,(H,19,22);1H. The van der Waals surface area contributed by atoms with Crippen molar-refractivity contribution in [2.45, 2.75) is 37.8 Å². The molecule has 0 aliphatic carbocycles. The molecule has 2 heterocycles. The Morgan fingerprint density at radius 1 is 1.33 bits per heavy atom. The summed E-state index contributed by atoms with van der Waals surface area (Å²) in [6.45, 7) is 2.22. The van der Waals surface area contributed by atoms with Crippen LogP contribution in [0.2, 0.25) is 0 Å². The molecule has 0 bridgehead atoms. The number of nitrogens with two attached hydrogens (primary N) is 1. The normalized spacial score (nSPS) is 19.7. The monoisotopic (exact) mass is 353 g/mol. The van der Waals surface area contributed by atoms with Crippen molar-refractivity contribution in [3.63, 3.8) is 0 Å². The highest BCUT2D eigenvalue weighted by molar-refractivity contribution is 5.95. The summed E-state index contributed by atoms with van der Waals surface area (Å²) in [5.74, 6) is 0.0257. The molecule has 0 saturated carbocycles. The highest BCUT2D eigenvalue weighted by atomic mass is 35.5. The molecule has 2 aliphatic rings. The minimum atomic E-state index is -0.833. The summed E-state index contributed by atoms with van der Waals surface area (Å²) in [4.78, 5) is 26.0. The molecule has 2 amide bonds. The molecule has 0 spiro atoms. The number of nitrogens with zero attached hydrogens (tertiary/aromatic N) is 1. The summed E-state index contributed by atoms with van der Waals surface area (Å²) in [6.07, 6.45) is 2.60. The van der Waals surface area contributed by atoms with Crippen LogP contribution in [0, 0.1) is 0 Å². The number of hydrogen-bond donors (Lipinski definition) is 2. The summed E-state index contributed by atoms with van der Waals surface area (Å²) in [5.41, 5.74) is 7.20. The number of rotatable bonds is 4. The van der Waals surface area contributed by atoms with E-state index in [1.165, 1.54) is 0 Å². The quantitative estimate of drug-likeness (QED) is 0.856. The molecule has 132 valence electrons. The predicted molar refractivity (Wildman–Crippen MR) is 94.1 cm³/mol. The molecule has 6 nitrogen and oxygen atoms in total. The maximum Gasteiger partial charge on any atom is 0.240 e. The zero-order chi connectivity index (χ0) is 16.3. The molecule has 1 aromatic carbocycles. The fraction of sp³-hybridized carbons (Fsp3) is 0.529. The van der Waals surface area contributed by atoms with Gasteiger partial charge in [-0.1, -0.05) is 12.1 Å². The molecule has 24 heavy (non-hydrogen) atoms. The van der Waals surface area contributed by atoms with Gasteiger partial charge in [-0.15, -0.1) is 12.4 Å². The fourth-order valence-corrected chi connectivity index (χ4v) is 3.08. The van der Waals surface area contributed by atoms with Crippen LogP contribution in [0.5, 0.6) is 0 Å². The molecule has 1 aromatic rings. The van der Waals surface area contributed by atoms with E-state index in [0.29, 0.717) is 39.0 Å². The summed E-state index contributed by atoms with van der Waals surface area (Å²) in [7, 11) is 0. The molecule has 3 N–H and O–H groups in total. The second kappa shape index (κ2) is 7.96. The molecule has 2 aliphatic heterocycles. The third kappa shape index (κ3) is 4.06. The summed E-state index contributed by atoms with van der Waals surface area (Å²) >= 11 is 0. The first-order chi connectivity index (χ1) is 11.1. The van der Waals surface area contributed by atoms with E-state index >= 15 is 0 Å². The molecule has 0 atom stereocenters. The average Bonchev–Trinajstić information content (AvgIpc) is 2.99. The number of benzene rings is 1. The minimum Gasteiger partial charge on any atom is -0.381 e. The second-order valence-corrected chi connectivity index (χ2v) is 6.27. The van der Waals surface area contributed by atoms with E-state index in [1.54, 1.807) is 4.90 Å². The summed E-state index contributed by atoms with van der Waals surface area (Å²) in [6, 6.07) is 7.74. The van der Waals surface area contributed by atoms with Crippen LogP contribution in [0.25, 0.3) is 0 Å². The minimum absolute atomic E-state index is 0. The lowest BCUT2D eigenvalue weighted by Crippen LogP contribution is -2.56. The van der Waals surface area contributed by atoms with Crippen LogP contribution in [0.4, 0.5) is 5.69 Å². The van der Waals surface area contributed by atoms with Gasteiger partial charge in [0.25, 0.3) is 0 Å². The molecule has 0 unspecified atom stereocenters. The smallest absolute Gasteiger partial charge is 0.240 e. The Hall–Kier alpha value is -1.63. The third-order valence-corrected chi connectivity index (χ3v) is 4.59. The van der Waals surface area contributed by atoms with Gasteiger partial charge in [-0.05, 0) is 37.0 Å². The molecular formula is C17H24ClN3O3. The lowest BCUT2D eigenvalue weighted by molar-refractivity contribution is -0.129. The largest absolute Gasteiger partial charge is 0.381 e. The van der Waals surface area contributed by atoms with Crippen molar-refractivity contribution in [3.05, 3.63) is 29.8 Å². The van der Waals surface area contributed by atoms with Gasteiger partial charge in [0.1, 0.15) is 0 Å². The van der Waals surface area contributed by atoms with E-state index in [2.05, 4.69) is 5.32 Å². The van der Waals surface area contributed by atoms with Crippen molar-refractivity contribution < 1.29 is 14.3 Å². The van der Waals surface area contributed by atoms with Crippen LogP contribution < -0.4 is 16.0 Å². The fourth-order valence-electron chi connectivity index (χ4n) is 3.08. The van der Waals surface area contributed by atoms with Crippen LogP contribution >= 0.6 is 12.4 Å². The Morgan fingerprint density at radius 2 is 2.08 bits per heavy atom. The van der Waals surface area contributed by atoms with Gasteiger partial charge in [-0.3, -0.25) is 9.59 Å². The Kier molecular flexibility index (Phi) is 6.21. The van der Waals surface area contributed by atoms with Crippen molar-refractivity contribution in [1.82, 2.24) is 5.32 Å². The third-order valence-electron chi connectivity index (χ3n) is 4.59. The van der Waals surface area contributed by atoms with Crippen LogP contribution in [-0.2, 0) is 20.9 Å². The SMILES string of the molecule is Cl.NC1(C(=O)NCc2cccc(N3CCCC3=O)c2)CCOCC1. The van der Waals surface area contributed by atoms with Crippen molar-refractivity contribution in [3.8, 4) is 0 Å². The van der Waals surface area contributed by atoms with Crippen molar-refractivity contribution >= 4 is 29.9 Å². The average molecular weight is 354 g/mol. The van der Waals surface area contributed by atoms with Crippen molar-refractivity contribution in [2.75, 3.05) is 24.7 Å². The van der Waals surface area contributed by atoms with Crippen LogP contribution in [0.15, 0.2) is 24.3 Å². The zero-order valence-corrected chi connectivity index (χ0v) is 14.4. The number of halogens is 1. The van der Waals surface area contributed by atoms with Gasteiger partial charge in [-0.2, -0.15) is 0 Å². The Bertz CT molecular complexity index is 602. The molecule has 0 aromatic heterocycles. The zero-order valence-electron chi connectivity index (χ0n) is 13.6. The number of hydrogen-bond acceptors (Lipinski definition) is 4. The van der Waals surface area contributed by atoms with Crippen LogP contribution in [0.1, 0.15) is 31.2 Å². The maximum atomic E-state index is 12.3. The number of anilines is 1. The van der Waals surface area contributed by atoms with Crippen molar-refractivity contribution in [2.24, 2.45) is 5.73 Å². The van der Waals surface area contributed by atoms with Gasteiger partial charge < -0.3 is 20.7 Å². The van der Waals surface area contributed by atoms with Gasteiger partial charge in [0, 0.05) is 38.4 Å². The molecule has 2 fully saturated rings. The first kappa shape index (κ1) is 18.7. The number of carbonyl (C=O) groups excluding carboxylic acids is 2. The summed E-state index contributed by atoms with van der Waals surface area (Å²) in [5, 5.41) is 2.92. The van der Waals surface area contributed by atoms with Gasteiger partial charge in [0.05, 0.1) is 5.54 Å². The number of ether oxygens (including phenoxy) is 1. The lowest BCUT2D eigenvalue weighted by atomic mass is 9.90. The Morgan fingerprint density at radius 3 is 2.75 bits per heavy atom. The highest BCUT2D eigenvalue weighted by Crippen LogP contribution is 2.22. The van der Waals surface area contributed by atoms with E-state index in [-0.39, 0.29) is 24.2 Å². The Labute approximate surface area is 148 Å². The van der Waals surface area contributed by atoms with Crippen molar-refractivity contribution in [1.29, 1.82) is 0 Å². The first-order valence-corrected chi connectivity index (χ1v) is 8.13. The van der Waals surface area contributed by atoms with E-state index in [9.17, 15) is 9.59 Å². The molecule has 3 rings (SSSR count). The van der Waals surface area contributed by atoms with E-state index < -0.39 is 5.54 Å². The number of amides is 2. The Balaban J connectivity index is 0.00000208. The van der Waals surface area contributed by atoms with E-state index in [1.807, 2.05) is 24.3 Å². The van der Waals surface area contributed by atoms with Gasteiger partial charge in [-0.25, -0.2) is 0 Å². The molecule has 0 radical (unpaired) electrons. The van der Waals surface area contributed by atoms with E-state index in [4.69, 9.17) is 10.5 Å². The maximum absolute atomic E-state index is 12.3. The summed E-state index contributed by atoms with van der Waals surface area (Å²) < 4.78 is 5.26. The van der Waals surface area contributed by atoms with Gasteiger partial charge >= 0.3 is 0 Å². The number of nitrogens with one attached hydrogen (secondary N) is 1. The lowest BCUT2D eigenvalue weighted by Gasteiger charge is -2.31. The molecule has 7 heteroatoms. The van der Waals surface area contributed by atoms with Gasteiger partial charge in [0.15, 0.2) is 0 Å². The number of carbonyl (C=O) groups is 2.